The fraction of sp³-hybridized carbons (Fsp3) is 0.556. The smallest absolute Gasteiger partial charge is 0.314 e. The van der Waals surface area contributed by atoms with Gasteiger partial charge < -0.3 is 9.52 Å². The highest BCUT2D eigenvalue weighted by Crippen LogP contribution is 2.20. The number of hydrogen-bond donors (Lipinski definition) is 1. The summed E-state index contributed by atoms with van der Waals surface area (Å²) in [5.74, 6) is -0.379. The van der Waals surface area contributed by atoms with Crippen LogP contribution in [-0.4, -0.2) is 16.1 Å². The van der Waals surface area contributed by atoms with Crippen LogP contribution in [0.15, 0.2) is 10.6 Å². The molecule has 0 amide bonds. The minimum absolute atomic E-state index is 0.451. The molecule has 0 aromatic carbocycles. The maximum Gasteiger partial charge on any atom is 0.314 e. The fourth-order valence-corrected chi connectivity index (χ4v) is 1.15. The summed E-state index contributed by atoms with van der Waals surface area (Å²) < 4.78 is 5.26. The first-order valence-corrected chi connectivity index (χ1v) is 4.36. The van der Waals surface area contributed by atoms with Gasteiger partial charge in [0.25, 0.3) is 0 Å². The number of carbonyl (C=O) groups is 1. The highest BCUT2D eigenvalue weighted by molar-refractivity contribution is 5.74. The van der Waals surface area contributed by atoms with Crippen molar-refractivity contribution in [1.29, 1.82) is 0 Å². The Labute approximate surface area is 76.6 Å². The number of aromatic nitrogens is 1. The molecule has 1 unspecified atom stereocenters. The number of carboxylic acids is 1. The molecule has 0 spiro atoms. The zero-order valence-electron chi connectivity index (χ0n) is 7.78. The van der Waals surface area contributed by atoms with Gasteiger partial charge in [0.05, 0.1) is 6.20 Å². The lowest BCUT2D eigenvalue weighted by Crippen LogP contribution is -2.09. The molecule has 0 aliphatic carbocycles. The number of nitrogens with zero attached hydrogens (tertiary/aromatic N) is 1. The van der Waals surface area contributed by atoms with Gasteiger partial charge in [0.15, 0.2) is 5.89 Å². The average molecular weight is 183 g/mol. The van der Waals surface area contributed by atoms with E-state index in [4.69, 9.17) is 9.52 Å². The number of aryl methyl sites for hydroxylation is 1. The molecular weight excluding hydrogens is 170 g/mol. The van der Waals surface area contributed by atoms with Crippen LogP contribution >= 0.6 is 0 Å². The Morgan fingerprint density at radius 3 is 2.77 bits per heavy atom. The Hall–Kier alpha value is -1.32. The molecule has 1 atom stereocenters. The second kappa shape index (κ2) is 4.07. The number of oxazole rings is 1. The van der Waals surface area contributed by atoms with Gasteiger partial charge in [-0.25, -0.2) is 4.98 Å². The van der Waals surface area contributed by atoms with Crippen molar-refractivity contribution in [3.63, 3.8) is 0 Å². The first kappa shape index (κ1) is 9.77. The van der Waals surface area contributed by atoms with Gasteiger partial charge in [0.1, 0.15) is 11.7 Å². The number of hydrogen-bond acceptors (Lipinski definition) is 3. The van der Waals surface area contributed by atoms with Crippen molar-refractivity contribution in [2.45, 2.75) is 32.6 Å². The molecule has 0 radical (unpaired) electrons. The molecule has 13 heavy (non-hydrogen) atoms. The minimum atomic E-state index is -0.860. The summed E-state index contributed by atoms with van der Waals surface area (Å²) in [7, 11) is 0. The molecule has 0 saturated carbocycles. The van der Waals surface area contributed by atoms with Gasteiger partial charge in [0, 0.05) is 6.42 Å². The van der Waals surface area contributed by atoms with E-state index in [0.717, 1.165) is 0 Å². The van der Waals surface area contributed by atoms with E-state index in [-0.39, 0.29) is 0 Å². The van der Waals surface area contributed by atoms with E-state index >= 15 is 0 Å². The maximum atomic E-state index is 10.7. The summed E-state index contributed by atoms with van der Waals surface area (Å²) in [6.45, 7) is 3.73. The standard InChI is InChI=1S/C9H13NO3/c1-3-6(9(11)12)7-5-10-8(4-2)13-7/h5-6H,3-4H2,1-2H3,(H,11,12). The van der Waals surface area contributed by atoms with E-state index in [2.05, 4.69) is 4.98 Å². The van der Waals surface area contributed by atoms with Gasteiger partial charge >= 0.3 is 5.97 Å². The molecule has 0 saturated heterocycles. The molecule has 0 aliphatic rings. The normalized spacial score (nSPS) is 12.8. The van der Waals surface area contributed by atoms with E-state index in [1.54, 1.807) is 0 Å². The van der Waals surface area contributed by atoms with Crippen LogP contribution in [0.1, 0.15) is 37.8 Å². The highest BCUT2D eigenvalue weighted by Gasteiger charge is 2.21. The molecule has 1 rings (SSSR count). The van der Waals surface area contributed by atoms with Crippen LogP contribution in [-0.2, 0) is 11.2 Å². The van der Waals surface area contributed by atoms with Crippen LogP contribution in [0, 0.1) is 0 Å². The first-order chi connectivity index (χ1) is 6.19. The van der Waals surface area contributed by atoms with Crippen molar-refractivity contribution in [3.8, 4) is 0 Å². The molecule has 0 aliphatic heterocycles. The molecular formula is C9H13NO3. The lowest BCUT2D eigenvalue weighted by atomic mass is 10.1. The van der Waals surface area contributed by atoms with Crippen LogP contribution in [0.2, 0.25) is 0 Å². The second-order valence-corrected chi connectivity index (χ2v) is 2.81. The van der Waals surface area contributed by atoms with Crippen molar-refractivity contribution in [1.82, 2.24) is 4.98 Å². The third-order valence-corrected chi connectivity index (χ3v) is 1.92. The third-order valence-electron chi connectivity index (χ3n) is 1.92. The Morgan fingerprint density at radius 1 is 1.69 bits per heavy atom. The summed E-state index contributed by atoms with van der Waals surface area (Å²) in [4.78, 5) is 14.7. The van der Waals surface area contributed by atoms with Crippen molar-refractivity contribution < 1.29 is 14.3 Å². The summed E-state index contributed by atoms with van der Waals surface area (Å²) in [6, 6.07) is 0. The molecule has 1 heterocycles. The number of aliphatic carboxylic acids is 1. The molecule has 0 bridgehead atoms. The molecule has 1 aromatic heterocycles. The summed E-state index contributed by atoms with van der Waals surface area (Å²) in [5, 5.41) is 8.82. The molecule has 1 N–H and O–H groups in total. The van der Waals surface area contributed by atoms with Crippen molar-refractivity contribution >= 4 is 5.97 Å². The minimum Gasteiger partial charge on any atom is -0.481 e. The predicted molar refractivity (Wildman–Crippen MR) is 46.5 cm³/mol. The van der Waals surface area contributed by atoms with Gasteiger partial charge in [-0.3, -0.25) is 4.79 Å². The van der Waals surface area contributed by atoms with Gasteiger partial charge in [-0.15, -0.1) is 0 Å². The summed E-state index contributed by atoms with van der Waals surface area (Å²) in [5.41, 5.74) is 0. The topological polar surface area (TPSA) is 63.3 Å². The van der Waals surface area contributed by atoms with Crippen LogP contribution in [0.5, 0.6) is 0 Å². The van der Waals surface area contributed by atoms with Gasteiger partial charge in [-0.2, -0.15) is 0 Å². The number of carboxylic acid groups (broad SMARTS) is 1. The monoisotopic (exact) mass is 183 g/mol. The Morgan fingerprint density at radius 2 is 2.38 bits per heavy atom. The highest BCUT2D eigenvalue weighted by atomic mass is 16.4. The lowest BCUT2D eigenvalue weighted by Gasteiger charge is -2.03. The third kappa shape index (κ3) is 2.08. The van der Waals surface area contributed by atoms with Crippen molar-refractivity contribution in [2.24, 2.45) is 0 Å². The van der Waals surface area contributed by atoms with Crippen LogP contribution in [0.4, 0.5) is 0 Å². The second-order valence-electron chi connectivity index (χ2n) is 2.81. The molecule has 4 heteroatoms. The largest absolute Gasteiger partial charge is 0.481 e. The maximum absolute atomic E-state index is 10.7. The Bertz CT molecular complexity index is 293. The van der Waals surface area contributed by atoms with Crippen molar-refractivity contribution in [3.05, 3.63) is 17.8 Å². The van der Waals surface area contributed by atoms with E-state index in [9.17, 15) is 4.79 Å². The fourth-order valence-electron chi connectivity index (χ4n) is 1.15. The molecule has 72 valence electrons. The molecule has 0 fully saturated rings. The van der Waals surface area contributed by atoms with Gasteiger partial charge in [-0.1, -0.05) is 13.8 Å². The average Bonchev–Trinajstić information content (AvgIpc) is 2.53. The summed E-state index contributed by atoms with van der Waals surface area (Å²) in [6.07, 6.45) is 2.71. The first-order valence-electron chi connectivity index (χ1n) is 4.36. The van der Waals surface area contributed by atoms with Crippen molar-refractivity contribution in [2.75, 3.05) is 0 Å². The lowest BCUT2D eigenvalue weighted by molar-refractivity contribution is -0.139. The summed E-state index contributed by atoms with van der Waals surface area (Å²) >= 11 is 0. The van der Waals surface area contributed by atoms with Gasteiger partial charge in [-0.05, 0) is 6.42 Å². The molecule has 1 aromatic rings. The Balaban J connectivity index is 2.85. The number of rotatable bonds is 4. The van der Waals surface area contributed by atoms with Crippen LogP contribution in [0.25, 0.3) is 0 Å². The van der Waals surface area contributed by atoms with Crippen LogP contribution in [0.3, 0.4) is 0 Å². The van der Waals surface area contributed by atoms with E-state index in [0.29, 0.717) is 24.5 Å². The van der Waals surface area contributed by atoms with Gasteiger partial charge in [0.2, 0.25) is 0 Å². The predicted octanol–water partition coefficient (Wildman–Crippen LogP) is 1.82. The molecule has 4 nitrogen and oxygen atoms in total. The SMILES string of the molecule is CCc1ncc(C(CC)C(=O)O)o1. The zero-order valence-corrected chi connectivity index (χ0v) is 7.78. The van der Waals surface area contributed by atoms with Crippen LogP contribution < -0.4 is 0 Å². The van der Waals surface area contributed by atoms with E-state index in [1.165, 1.54) is 6.20 Å². The van der Waals surface area contributed by atoms with E-state index in [1.807, 2.05) is 13.8 Å². The Kier molecular flexibility index (Phi) is 3.06. The zero-order chi connectivity index (χ0) is 9.84. The van der Waals surface area contributed by atoms with E-state index < -0.39 is 11.9 Å². The quantitative estimate of drug-likeness (QED) is 0.773.